The number of Topliss-reactive ketones (excluding diaryl/α,β-unsaturated/α-hetero) is 1. The molecular formula is C15H14N4O2. The summed E-state index contributed by atoms with van der Waals surface area (Å²) in [5, 5.41) is 8.05. The first-order valence-electron chi connectivity index (χ1n) is 6.57. The number of aryl methyl sites for hydroxylation is 1. The van der Waals surface area contributed by atoms with Crippen LogP contribution in [0.2, 0.25) is 0 Å². The molecular weight excluding hydrogens is 268 g/mol. The third kappa shape index (κ3) is 2.35. The average Bonchev–Trinajstić information content (AvgIpc) is 2.46. The van der Waals surface area contributed by atoms with E-state index >= 15 is 0 Å². The van der Waals surface area contributed by atoms with E-state index in [1.54, 1.807) is 18.3 Å². The zero-order chi connectivity index (χ0) is 15.0. The standard InChI is InChI=1S/C15H14N4O2/c1-9-6-11(7-19-13(9)15(21)16-8-17-19)14(20)12-5-3-4-10(2)18-12/h3-5,7-8H,6H2,1-2H3,(H,16,17,21). The number of carbonyl (C=O) groups is 2. The molecule has 0 aliphatic carbocycles. The fraction of sp³-hybridized carbons (Fsp3) is 0.200. The molecule has 0 aromatic carbocycles. The van der Waals surface area contributed by atoms with Gasteiger partial charge in [0.25, 0.3) is 5.91 Å². The van der Waals surface area contributed by atoms with Gasteiger partial charge in [-0.05, 0) is 31.6 Å². The molecule has 1 aromatic rings. The monoisotopic (exact) mass is 282 g/mol. The zero-order valence-electron chi connectivity index (χ0n) is 11.8. The Balaban J connectivity index is 1.95. The van der Waals surface area contributed by atoms with Crippen LogP contribution in [0.5, 0.6) is 0 Å². The summed E-state index contributed by atoms with van der Waals surface area (Å²) in [6, 6.07) is 5.34. The van der Waals surface area contributed by atoms with Gasteiger partial charge in [0.15, 0.2) is 0 Å². The van der Waals surface area contributed by atoms with Gasteiger partial charge in [-0.2, -0.15) is 5.10 Å². The van der Waals surface area contributed by atoms with Crippen molar-refractivity contribution in [3.8, 4) is 0 Å². The van der Waals surface area contributed by atoms with E-state index < -0.39 is 0 Å². The molecule has 0 spiro atoms. The van der Waals surface area contributed by atoms with Crippen LogP contribution in [0.4, 0.5) is 0 Å². The maximum Gasteiger partial charge on any atom is 0.275 e. The zero-order valence-corrected chi connectivity index (χ0v) is 11.8. The van der Waals surface area contributed by atoms with Crippen molar-refractivity contribution in [1.29, 1.82) is 0 Å². The summed E-state index contributed by atoms with van der Waals surface area (Å²) in [7, 11) is 0. The molecule has 106 valence electrons. The molecule has 21 heavy (non-hydrogen) atoms. The van der Waals surface area contributed by atoms with Crippen molar-refractivity contribution in [2.75, 3.05) is 0 Å². The number of rotatable bonds is 2. The first-order valence-corrected chi connectivity index (χ1v) is 6.57. The molecule has 0 saturated heterocycles. The molecule has 6 heteroatoms. The topological polar surface area (TPSA) is 74.7 Å². The van der Waals surface area contributed by atoms with Crippen LogP contribution in [0.3, 0.4) is 0 Å². The predicted molar refractivity (Wildman–Crippen MR) is 77.2 cm³/mol. The molecule has 1 aromatic heterocycles. The van der Waals surface area contributed by atoms with Crippen LogP contribution in [-0.2, 0) is 4.79 Å². The first kappa shape index (κ1) is 13.2. The second-order valence-electron chi connectivity index (χ2n) is 5.02. The number of amides is 1. The van der Waals surface area contributed by atoms with Gasteiger partial charge in [0.2, 0.25) is 5.78 Å². The minimum Gasteiger partial charge on any atom is -0.310 e. The number of fused-ring (bicyclic) bond motifs is 1. The van der Waals surface area contributed by atoms with E-state index in [1.165, 1.54) is 11.3 Å². The Morgan fingerprint density at radius 3 is 2.90 bits per heavy atom. The summed E-state index contributed by atoms with van der Waals surface area (Å²) >= 11 is 0. The lowest BCUT2D eigenvalue weighted by Crippen LogP contribution is -2.37. The highest BCUT2D eigenvalue weighted by Crippen LogP contribution is 2.28. The van der Waals surface area contributed by atoms with E-state index in [0.717, 1.165) is 11.3 Å². The van der Waals surface area contributed by atoms with Crippen molar-refractivity contribution < 1.29 is 9.59 Å². The van der Waals surface area contributed by atoms with Crippen LogP contribution in [0.1, 0.15) is 29.5 Å². The minimum atomic E-state index is -0.209. The van der Waals surface area contributed by atoms with E-state index in [-0.39, 0.29) is 11.7 Å². The van der Waals surface area contributed by atoms with Crippen molar-refractivity contribution in [3.05, 3.63) is 52.6 Å². The maximum absolute atomic E-state index is 12.5. The molecule has 6 nitrogen and oxygen atoms in total. The van der Waals surface area contributed by atoms with E-state index in [0.29, 0.717) is 23.4 Å². The number of pyridine rings is 1. The molecule has 0 fully saturated rings. The Kier molecular flexibility index (Phi) is 3.13. The second-order valence-corrected chi connectivity index (χ2v) is 5.02. The SMILES string of the molecule is CC1=C2C(=O)NC=NN2C=C(C(=O)c2cccc(C)n2)C1. The second kappa shape index (κ2) is 4.97. The van der Waals surface area contributed by atoms with Gasteiger partial charge >= 0.3 is 0 Å². The summed E-state index contributed by atoms with van der Waals surface area (Å²) in [4.78, 5) is 28.6. The van der Waals surface area contributed by atoms with E-state index in [2.05, 4.69) is 15.4 Å². The Hall–Kier alpha value is -2.76. The highest BCUT2D eigenvalue weighted by Gasteiger charge is 2.28. The van der Waals surface area contributed by atoms with Gasteiger partial charge in [-0.15, -0.1) is 0 Å². The molecule has 0 radical (unpaired) electrons. The molecule has 2 aliphatic rings. The summed E-state index contributed by atoms with van der Waals surface area (Å²) < 4.78 is 0. The number of aromatic nitrogens is 1. The van der Waals surface area contributed by atoms with Gasteiger partial charge in [0.05, 0.1) is 0 Å². The van der Waals surface area contributed by atoms with Crippen LogP contribution in [-0.4, -0.2) is 28.0 Å². The highest BCUT2D eigenvalue weighted by molar-refractivity contribution is 6.09. The summed E-state index contributed by atoms with van der Waals surface area (Å²) in [5.41, 5.74) is 3.05. The van der Waals surface area contributed by atoms with Gasteiger partial charge in [-0.3, -0.25) is 9.59 Å². The van der Waals surface area contributed by atoms with Gasteiger partial charge in [0.1, 0.15) is 17.7 Å². The van der Waals surface area contributed by atoms with Gasteiger partial charge < -0.3 is 5.32 Å². The van der Waals surface area contributed by atoms with Crippen LogP contribution in [0, 0.1) is 6.92 Å². The number of carbonyl (C=O) groups excluding carboxylic acids is 2. The molecule has 0 saturated carbocycles. The van der Waals surface area contributed by atoms with Crippen LogP contribution < -0.4 is 5.32 Å². The summed E-state index contributed by atoms with van der Waals surface area (Å²) in [5.74, 6) is -0.350. The van der Waals surface area contributed by atoms with Gasteiger partial charge in [-0.1, -0.05) is 6.07 Å². The Morgan fingerprint density at radius 1 is 1.33 bits per heavy atom. The molecule has 3 heterocycles. The fourth-order valence-corrected chi connectivity index (χ4v) is 2.40. The van der Waals surface area contributed by atoms with E-state index in [4.69, 9.17) is 0 Å². The third-order valence-corrected chi connectivity index (χ3v) is 3.37. The number of ketones is 1. The number of hydrogen-bond donors (Lipinski definition) is 1. The fourth-order valence-electron chi connectivity index (χ4n) is 2.40. The molecule has 2 aliphatic heterocycles. The van der Waals surface area contributed by atoms with Crippen molar-refractivity contribution >= 4 is 18.0 Å². The highest BCUT2D eigenvalue weighted by atomic mass is 16.2. The van der Waals surface area contributed by atoms with Crippen molar-refractivity contribution in [1.82, 2.24) is 15.3 Å². The molecule has 0 unspecified atom stereocenters. The summed E-state index contributed by atoms with van der Waals surface area (Å²) in [6.07, 6.45) is 3.33. The molecule has 3 rings (SSSR count). The third-order valence-electron chi connectivity index (χ3n) is 3.37. The normalized spacial score (nSPS) is 17.3. The number of nitrogens with one attached hydrogen (secondary N) is 1. The van der Waals surface area contributed by atoms with E-state index in [1.807, 2.05) is 19.9 Å². The average molecular weight is 282 g/mol. The number of hydrazone groups is 1. The number of nitrogens with zero attached hydrogens (tertiary/aromatic N) is 3. The maximum atomic E-state index is 12.5. The van der Waals surface area contributed by atoms with Gasteiger partial charge in [0, 0.05) is 23.9 Å². The lowest BCUT2D eigenvalue weighted by Gasteiger charge is -2.27. The first-order chi connectivity index (χ1) is 10.1. The Morgan fingerprint density at radius 2 is 2.14 bits per heavy atom. The predicted octanol–water partition coefficient (Wildman–Crippen LogP) is 1.51. The largest absolute Gasteiger partial charge is 0.310 e. The Bertz CT molecular complexity index is 731. The summed E-state index contributed by atoms with van der Waals surface area (Å²) in [6.45, 7) is 3.67. The van der Waals surface area contributed by atoms with Crippen molar-refractivity contribution in [2.24, 2.45) is 5.10 Å². The number of allylic oxidation sites excluding steroid dienone is 2. The van der Waals surface area contributed by atoms with Crippen molar-refractivity contribution in [2.45, 2.75) is 20.3 Å². The Labute approximate surface area is 121 Å². The van der Waals surface area contributed by atoms with E-state index in [9.17, 15) is 9.59 Å². The lowest BCUT2D eigenvalue weighted by atomic mass is 9.96. The van der Waals surface area contributed by atoms with Crippen LogP contribution >= 0.6 is 0 Å². The molecule has 0 bridgehead atoms. The molecule has 1 amide bonds. The lowest BCUT2D eigenvalue weighted by molar-refractivity contribution is -0.117. The molecule has 1 N–H and O–H groups in total. The van der Waals surface area contributed by atoms with Gasteiger partial charge in [-0.25, -0.2) is 9.99 Å². The van der Waals surface area contributed by atoms with Crippen LogP contribution in [0.15, 0.2) is 46.3 Å². The smallest absolute Gasteiger partial charge is 0.275 e. The quantitative estimate of drug-likeness (QED) is 0.834. The number of hydrogen-bond acceptors (Lipinski definition) is 5. The minimum absolute atomic E-state index is 0.140. The molecule has 0 atom stereocenters. The van der Waals surface area contributed by atoms with Crippen molar-refractivity contribution in [3.63, 3.8) is 0 Å². The van der Waals surface area contributed by atoms with Crippen LogP contribution in [0.25, 0.3) is 0 Å².